The van der Waals surface area contributed by atoms with Crippen LogP contribution in [0, 0.1) is 0 Å². The maximum absolute atomic E-state index is 11.8. The molecule has 0 radical (unpaired) electrons. The molecule has 2 aromatic carbocycles. The monoisotopic (exact) mass is 264 g/mol. The molecule has 4 heteroatoms. The van der Waals surface area contributed by atoms with E-state index in [4.69, 9.17) is 4.42 Å². The molecular weight excluding hydrogens is 252 g/mol. The van der Waals surface area contributed by atoms with E-state index in [9.17, 15) is 4.79 Å². The van der Waals surface area contributed by atoms with Gasteiger partial charge in [-0.3, -0.25) is 4.79 Å². The van der Waals surface area contributed by atoms with E-state index in [1.165, 1.54) is 0 Å². The molecule has 0 aliphatic heterocycles. The zero-order chi connectivity index (χ0) is 13.8. The molecule has 0 aliphatic rings. The number of carbonyl (C=O) groups excluding carboxylic acids is 1. The van der Waals surface area contributed by atoms with Crippen molar-refractivity contribution in [1.82, 2.24) is 5.43 Å². The van der Waals surface area contributed by atoms with Crippen molar-refractivity contribution in [2.75, 3.05) is 0 Å². The molecule has 0 saturated carbocycles. The molecule has 0 atom stereocenters. The van der Waals surface area contributed by atoms with Gasteiger partial charge in [-0.15, -0.1) is 0 Å². The number of nitrogens with one attached hydrogen (secondary N) is 1. The van der Waals surface area contributed by atoms with Crippen LogP contribution in [0.25, 0.3) is 11.0 Å². The summed E-state index contributed by atoms with van der Waals surface area (Å²) in [6, 6.07) is 16.6. The summed E-state index contributed by atoms with van der Waals surface area (Å²) in [6.45, 7) is 0. The minimum absolute atomic E-state index is 0.241. The van der Waals surface area contributed by atoms with E-state index in [1.807, 2.05) is 42.5 Å². The molecular formula is C16H12N2O2. The number of hydrazone groups is 1. The van der Waals surface area contributed by atoms with Crippen LogP contribution in [-0.2, 0) is 0 Å². The van der Waals surface area contributed by atoms with Crippen LogP contribution in [0.4, 0.5) is 0 Å². The largest absolute Gasteiger partial charge is 0.464 e. The van der Waals surface area contributed by atoms with Crippen molar-refractivity contribution < 1.29 is 9.21 Å². The number of rotatable bonds is 3. The van der Waals surface area contributed by atoms with Crippen LogP contribution in [0.3, 0.4) is 0 Å². The predicted octanol–water partition coefficient (Wildman–Crippen LogP) is 3.20. The van der Waals surface area contributed by atoms with Gasteiger partial charge in [0.25, 0.3) is 5.91 Å². The first-order chi connectivity index (χ1) is 9.84. The molecule has 0 aliphatic carbocycles. The maximum Gasteiger partial charge on any atom is 0.271 e. The lowest BCUT2D eigenvalue weighted by molar-refractivity contribution is 0.0955. The molecule has 4 nitrogen and oxygen atoms in total. The van der Waals surface area contributed by atoms with E-state index < -0.39 is 0 Å². The number of amides is 1. The van der Waals surface area contributed by atoms with E-state index in [-0.39, 0.29) is 5.91 Å². The third-order valence-electron chi connectivity index (χ3n) is 2.92. The average molecular weight is 264 g/mol. The molecule has 0 fully saturated rings. The number of nitrogens with zero attached hydrogens (tertiary/aromatic N) is 1. The Morgan fingerprint density at radius 2 is 1.80 bits per heavy atom. The molecule has 0 spiro atoms. The number of carbonyl (C=O) groups is 1. The van der Waals surface area contributed by atoms with Gasteiger partial charge in [0.2, 0.25) is 0 Å². The fraction of sp³-hybridized carbons (Fsp3) is 0. The summed E-state index contributed by atoms with van der Waals surface area (Å²) >= 11 is 0. The molecule has 0 bridgehead atoms. The normalized spacial score (nSPS) is 11.0. The minimum atomic E-state index is -0.241. The topological polar surface area (TPSA) is 54.6 Å². The summed E-state index contributed by atoms with van der Waals surface area (Å²) in [4.78, 5) is 11.8. The second-order valence-corrected chi connectivity index (χ2v) is 4.25. The number of hydrogen-bond acceptors (Lipinski definition) is 3. The first kappa shape index (κ1) is 12.2. The van der Waals surface area contributed by atoms with Crippen LogP contribution in [0.15, 0.2) is 70.4 Å². The van der Waals surface area contributed by atoms with Crippen molar-refractivity contribution in [2.45, 2.75) is 0 Å². The fourth-order valence-corrected chi connectivity index (χ4v) is 1.91. The SMILES string of the molecule is O=C(N/N=C/c1coc2ccccc12)c1ccccc1. The van der Waals surface area contributed by atoms with Gasteiger partial charge in [0, 0.05) is 16.5 Å². The van der Waals surface area contributed by atoms with E-state index in [1.54, 1.807) is 24.6 Å². The van der Waals surface area contributed by atoms with Gasteiger partial charge < -0.3 is 4.42 Å². The third-order valence-corrected chi connectivity index (χ3v) is 2.92. The van der Waals surface area contributed by atoms with Crippen molar-refractivity contribution in [1.29, 1.82) is 0 Å². The quantitative estimate of drug-likeness (QED) is 0.583. The molecule has 1 aromatic heterocycles. The zero-order valence-corrected chi connectivity index (χ0v) is 10.6. The molecule has 98 valence electrons. The summed E-state index contributed by atoms with van der Waals surface area (Å²) in [7, 11) is 0. The van der Waals surface area contributed by atoms with Crippen LogP contribution in [-0.4, -0.2) is 12.1 Å². The number of benzene rings is 2. The summed E-state index contributed by atoms with van der Waals surface area (Å²) in [5.74, 6) is -0.241. The Morgan fingerprint density at radius 3 is 2.65 bits per heavy atom. The Balaban J connectivity index is 1.74. The lowest BCUT2D eigenvalue weighted by atomic mass is 10.2. The number of para-hydroxylation sites is 1. The number of hydrogen-bond donors (Lipinski definition) is 1. The second-order valence-electron chi connectivity index (χ2n) is 4.25. The Hall–Kier alpha value is -2.88. The first-order valence-corrected chi connectivity index (χ1v) is 6.19. The van der Waals surface area contributed by atoms with Crippen molar-refractivity contribution >= 4 is 23.1 Å². The highest BCUT2D eigenvalue weighted by molar-refractivity contribution is 5.99. The zero-order valence-electron chi connectivity index (χ0n) is 10.6. The molecule has 1 N–H and O–H groups in total. The molecule has 1 heterocycles. The van der Waals surface area contributed by atoms with Crippen molar-refractivity contribution in [2.24, 2.45) is 5.10 Å². The summed E-state index contributed by atoms with van der Waals surface area (Å²) in [5.41, 5.74) is 4.68. The van der Waals surface area contributed by atoms with Crippen LogP contribution >= 0.6 is 0 Å². The fourth-order valence-electron chi connectivity index (χ4n) is 1.91. The first-order valence-electron chi connectivity index (χ1n) is 6.19. The molecule has 3 rings (SSSR count). The Bertz CT molecular complexity index is 760. The van der Waals surface area contributed by atoms with E-state index in [0.717, 1.165) is 16.5 Å². The van der Waals surface area contributed by atoms with E-state index in [2.05, 4.69) is 10.5 Å². The van der Waals surface area contributed by atoms with Crippen LogP contribution in [0.1, 0.15) is 15.9 Å². The van der Waals surface area contributed by atoms with Crippen LogP contribution in [0.5, 0.6) is 0 Å². The van der Waals surface area contributed by atoms with Crippen molar-refractivity contribution in [3.63, 3.8) is 0 Å². The molecule has 3 aromatic rings. The van der Waals surface area contributed by atoms with Gasteiger partial charge in [-0.1, -0.05) is 36.4 Å². The average Bonchev–Trinajstić information content (AvgIpc) is 2.92. The molecule has 0 unspecified atom stereocenters. The Kier molecular flexibility index (Phi) is 3.29. The summed E-state index contributed by atoms with van der Waals surface area (Å²) in [5, 5.41) is 4.92. The minimum Gasteiger partial charge on any atom is -0.464 e. The Labute approximate surface area is 115 Å². The highest BCUT2D eigenvalue weighted by atomic mass is 16.3. The highest BCUT2D eigenvalue weighted by Gasteiger charge is 2.04. The van der Waals surface area contributed by atoms with Gasteiger partial charge in [-0.2, -0.15) is 5.10 Å². The predicted molar refractivity (Wildman–Crippen MR) is 77.7 cm³/mol. The lowest BCUT2D eigenvalue weighted by Crippen LogP contribution is -2.17. The number of furan rings is 1. The van der Waals surface area contributed by atoms with E-state index >= 15 is 0 Å². The third kappa shape index (κ3) is 2.44. The smallest absolute Gasteiger partial charge is 0.271 e. The molecule has 20 heavy (non-hydrogen) atoms. The summed E-state index contributed by atoms with van der Waals surface area (Å²) in [6.07, 6.45) is 3.19. The van der Waals surface area contributed by atoms with Crippen molar-refractivity contribution in [3.05, 3.63) is 72.0 Å². The van der Waals surface area contributed by atoms with Crippen LogP contribution in [0.2, 0.25) is 0 Å². The molecule has 0 saturated heterocycles. The Morgan fingerprint density at radius 1 is 1.05 bits per heavy atom. The van der Waals surface area contributed by atoms with Gasteiger partial charge >= 0.3 is 0 Å². The summed E-state index contributed by atoms with van der Waals surface area (Å²) < 4.78 is 5.39. The van der Waals surface area contributed by atoms with Crippen molar-refractivity contribution in [3.8, 4) is 0 Å². The van der Waals surface area contributed by atoms with Gasteiger partial charge in [-0.05, 0) is 18.2 Å². The van der Waals surface area contributed by atoms with Crippen LogP contribution < -0.4 is 5.43 Å². The molecule has 1 amide bonds. The second kappa shape index (κ2) is 5.40. The van der Waals surface area contributed by atoms with Gasteiger partial charge in [0.15, 0.2) is 0 Å². The van der Waals surface area contributed by atoms with Gasteiger partial charge in [0.1, 0.15) is 11.8 Å². The lowest BCUT2D eigenvalue weighted by Gasteiger charge is -1.98. The van der Waals surface area contributed by atoms with Gasteiger partial charge in [-0.25, -0.2) is 5.43 Å². The standard InChI is InChI=1S/C16H12N2O2/c19-16(12-6-2-1-3-7-12)18-17-10-13-11-20-15-9-5-4-8-14(13)15/h1-11H,(H,18,19)/b17-10+. The maximum atomic E-state index is 11.8. The van der Waals surface area contributed by atoms with E-state index in [0.29, 0.717) is 5.56 Å². The number of fused-ring (bicyclic) bond motifs is 1. The van der Waals surface area contributed by atoms with Gasteiger partial charge in [0.05, 0.1) is 6.21 Å². The highest BCUT2D eigenvalue weighted by Crippen LogP contribution is 2.18.